The van der Waals surface area contributed by atoms with E-state index in [2.05, 4.69) is 20.9 Å². The molecular weight excluding hydrogens is 400 g/mol. The number of nitrogens with one attached hydrogen (secondary N) is 2. The van der Waals surface area contributed by atoms with Gasteiger partial charge in [0.25, 0.3) is 5.91 Å². The van der Waals surface area contributed by atoms with Crippen molar-refractivity contribution in [3.05, 3.63) is 53.2 Å². The van der Waals surface area contributed by atoms with E-state index in [0.29, 0.717) is 22.9 Å². The molecule has 10 nitrogen and oxygen atoms in total. The van der Waals surface area contributed by atoms with Gasteiger partial charge in [0, 0.05) is 17.4 Å². The minimum atomic E-state index is -0.564. The average molecular weight is 424 g/mol. The molecular formula is C21H24N6O4. The Balaban J connectivity index is 1.70. The van der Waals surface area contributed by atoms with Gasteiger partial charge in [0.2, 0.25) is 5.91 Å². The second kappa shape index (κ2) is 9.16. The fraction of sp³-hybridized carbons (Fsp3) is 0.238. The zero-order valence-corrected chi connectivity index (χ0v) is 17.7. The zero-order chi connectivity index (χ0) is 22.5. The van der Waals surface area contributed by atoms with Crippen LogP contribution < -0.4 is 25.8 Å². The highest BCUT2D eigenvalue weighted by atomic mass is 16.5. The maximum Gasteiger partial charge on any atom is 0.280 e. The van der Waals surface area contributed by atoms with E-state index in [4.69, 9.17) is 15.2 Å². The molecule has 1 aromatic heterocycles. The summed E-state index contributed by atoms with van der Waals surface area (Å²) in [6.45, 7) is 3.65. The third-order valence-corrected chi connectivity index (χ3v) is 4.59. The number of hydrogen-bond acceptors (Lipinski definition) is 7. The minimum absolute atomic E-state index is 0.0194. The third kappa shape index (κ3) is 4.92. The molecule has 0 aliphatic carbocycles. The lowest BCUT2D eigenvalue weighted by atomic mass is 10.1. The summed E-state index contributed by atoms with van der Waals surface area (Å²) in [6.07, 6.45) is 0. The van der Waals surface area contributed by atoms with E-state index in [9.17, 15) is 9.59 Å². The second-order valence-corrected chi connectivity index (χ2v) is 6.87. The van der Waals surface area contributed by atoms with Crippen molar-refractivity contribution in [3.8, 4) is 11.5 Å². The number of benzene rings is 2. The van der Waals surface area contributed by atoms with Crippen LogP contribution in [0.5, 0.6) is 11.5 Å². The van der Waals surface area contributed by atoms with Gasteiger partial charge in [-0.3, -0.25) is 9.59 Å². The van der Waals surface area contributed by atoms with Gasteiger partial charge in [-0.25, -0.2) is 4.68 Å². The maximum atomic E-state index is 12.6. The molecule has 0 bridgehead atoms. The highest BCUT2D eigenvalue weighted by Crippen LogP contribution is 2.30. The van der Waals surface area contributed by atoms with Gasteiger partial charge in [-0.1, -0.05) is 17.3 Å². The van der Waals surface area contributed by atoms with Crippen molar-refractivity contribution in [2.24, 2.45) is 0 Å². The number of aryl methyl sites for hydroxylation is 2. The molecule has 2 amide bonds. The largest absolute Gasteiger partial charge is 0.493 e. The van der Waals surface area contributed by atoms with E-state index in [1.165, 1.54) is 18.9 Å². The quantitative estimate of drug-likeness (QED) is 0.530. The number of methoxy groups -OCH3 is 2. The molecule has 0 atom stereocenters. The number of anilines is 3. The number of aromatic nitrogens is 3. The molecule has 0 aliphatic heterocycles. The SMILES string of the molecule is COc1ccc(NC(=O)c2nnn(CC(=O)Nc3cc(C)ccc3C)c2N)cc1OC. The number of amides is 2. The van der Waals surface area contributed by atoms with Gasteiger partial charge < -0.3 is 25.8 Å². The Morgan fingerprint density at radius 3 is 2.48 bits per heavy atom. The Morgan fingerprint density at radius 2 is 1.77 bits per heavy atom. The van der Waals surface area contributed by atoms with Crippen LogP contribution in [0.25, 0.3) is 0 Å². The number of nitrogen functional groups attached to an aromatic ring is 1. The average Bonchev–Trinajstić information content (AvgIpc) is 3.10. The third-order valence-electron chi connectivity index (χ3n) is 4.59. The zero-order valence-electron chi connectivity index (χ0n) is 17.7. The van der Waals surface area contributed by atoms with Crippen molar-refractivity contribution in [2.45, 2.75) is 20.4 Å². The second-order valence-electron chi connectivity index (χ2n) is 6.87. The molecule has 31 heavy (non-hydrogen) atoms. The minimum Gasteiger partial charge on any atom is -0.493 e. The summed E-state index contributed by atoms with van der Waals surface area (Å²) in [7, 11) is 3.02. The van der Waals surface area contributed by atoms with Gasteiger partial charge in [0.05, 0.1) is 14.2 Å². The van der Waals surface area contributed by atoms with Gasteiger partial charge in [-0.2, -0.15) is 0 Å². The first kappa shape index (κ1) is 21.6. The smallest absolute Gasteiger partial charge is 0.280 e. The molecule has 0 fully saturated rings. The lowest BCUT2D eigenvalue weighted by Gasteiger charge is -2.10. The van der Waals surface area contributed by atoms with Crippen LogP contribution in [0.2, 0.25) is 0 Å². The Kier molecular flexibility index (Phi) is 6.39. The fourth-order valence-corrected chi connectivity index (χ4v) is 2.90. The molecule has 0 saturated carbocycles. The van der Waals surface area contributed by atoms with Crippen molar-refractivity contribution in [1.82, 2.24) is 15.0 Å². The summed E-state index contributed by atoms with van der Waals surface area (Å²) in [6, 6.07) is 10.7. The number of rotatable bonds is 7. The summed E-state index contributed by atoms with van der Waals surface area (Å²) >= 11 is 0. The van der Waals surface area contributed by atoms with Crippen LogP contribution in [0, 0.1) is 13.8 Å². The highest BCUT2D eigenvalue weighted by molar-refractivity contribution is 6.06. The van der Waals surface area contributed by atoms with Crippen LogP contribution in [-0.4, -0.2) is 41.0 Å². The number of carbonyl (C=O) groups excluding carboxylic acids is 2. The summed E-state index contributed by atoms with van der Waals surface area (Å²) in [5.74, 6) is 0.0676. The monoisotopic (exact) mass is 424 g/mol. The van der Waals surface area contributed by atoms with Crippen LogP contribution in [0.15, 0.2) is 36.4 Å². The van der Waals surface area contributed by atoms with E-state index < -0.39 is 5.91 Å². The topological polar surface area (TPSA) is 133 Å². The molecule has 4 N–H and O–H groups in total. The van der Waals surface area contributed by atoms with Crippen LogP contribution in [0.1, 0.15) is 21.6 Å². The van der Waals surface area contributed by atoms with Crippen molar-refractivity contribution in [2.75, 3.05) is 30.6 Å². The normalized spacial score (nSPS) is 10.5. The number of hydrogen-bond donors (Lipinski definition) is 3. The number of ether oxygens (including phenoxy) is 2. The summed E-state index contributed by atoms with van der Waals surface area (Å²) in [5.41, 5.74) is 9.04. The number of nitrogens with zero attached hydrogens (tertiary/aromatic N) is 3. The van der Waals surface area contributed by atoms with Crippen molar-refractivity contribution in [1.29, 1.82) is 0 Å². The first-order chi connectivity index (χ1) is 14.8. The van der Waals surface area contributed by atoms with Gasteiger partial charge in [-0.05, 0) is 43.2 Å². The molecule has 1 heterocycles. The fourth-order valence-electron chi connectivity index (χ4n) is 2.90. The molecule has 3 aromatic rings. The van der Waals surface area contributed by atoms with E-state index in [1.807, 2.05) is 32.0 Å². The Bertz CT molecular complexity index is 1130. The predicted molar refractivity (Wildman–Crippen MR) is 116 cm³/mol. The summed E-state index contributed by atoms with van der Waals surface area (Å²) in [4.78, 5) is 25.0. The molecule has 0 spiro atoms. The highest BCUT2D eigenvalue weighted by Gasteiger charge is 2.20. The van der Waals surface area contributed by atoms with Crippen molar-refractivity contribution >= 4 is 29.0 Å². The lowest BCUT2D eigenvalue weighted by Crippen LogP contribution is -2.22. The molecule has 162 valence electrons. The van der Waals surface area contributed by atoms with Gasteiger partial charge in [-0.15, -0.1) is 5.10 Å². The van der Waals surface area contributed by atoms with Crippen LogP contribution >= 0.6 is 0 Å². The lowest BCUT2D eigenvalue weighted by molar-refractivity contribution is -0.116. The first-order valence-electron chi connectivity index (χ1n) is 9.41. The number of carbonyl (C=O) groups is 2. The van der Waals surface area contributed by atoms with Crippen molar-refractivity contribution in [3.63, 3.8) is 0 Å². The first-order valence-corrected chi connectivity index (χ1v) is 9.41. The van der Waals surface area contributed by atoms with Gasteiger partial charge in [0.15, 0.2) is 23.0 Å². The van der Waals surface area contributed by atoms with E-state index >= 15 is 0 Å². The molecule has 10 heteroatoms. The molecule has 2 aromatic carbocycles. The van der Waals surface area contributed by atoms with E-state index in [0.717, 1.165) is 11.1 Å². The maximum absolute atomic E-state index is 12.6. The summed E-state index contributed by atoms with van der Waals surface area (Å²) < 4.78 is 11.6. The molecule has 0 unspecified atom stereocenters. The van der Waals surface area contributed by atoms with Crippen molar-refractivity contribution < 1.29 is 19.1 Å². The summed E-state index contributed by atoms with van der Waals surface area (Å²) in [5, 5.41) is 13.1. The predicted octanol–water partition coefficient (Wildman–Crippen LogP) is 2.39. The van der Waals surface area contributed by atoms with E-state index in [1.54, 1.807) is 18.2 Å². The molecule has 0 saturated heterocycles. The van der Waals surface area contributed by atoms with Crippen LogP contribution in [-0.2, 0) is 11.3 Å². The van der Waals surface area contributed by atoms with Crippen LogP contribution in [0.3, 0.4) is 0 Å². The number of nitrogens with two attached hydrogens (primary N) is 1. The van der Waals surface area contributed by atoms with Gasteiger partial charge >= 0.3 is 0 Å². The van der Waals surface area contributed by atoms with Gasteiger partial charge in [0.1, 0.15) is 6.54 Å². The molecule has 3 rings (SSSR count). The molecule has 0 aliphatic rings. The van der Waals surface area contributed by atoms with E-state index in [-0.39, 0.29) is 24.0 Å². The molecule has 0 radical (unpaired) electrons. The Labute approximate surface area is 179 Å². The van der Waals surface area contributed by atoms with Crippen LogP contribution in [0.4, 0.5) is 17.2 Å². The standard InChI is InChI=1S/C21H24N6O4/c1-12-5-6-13(2)15(9-12)24-18(28)11-27-20(22)19(25-26-27)21(29)23-14-7-8-16(30-3)17(10-14)31-4/h5-10H,11,22H2,1-4H3,(H,23,29)(H,24,28). The Hall–Kier alpha value is -4.08. The Morgan fingerprint density at radius 1 is 1.03 bits per heavy atom.